The minimum atomic E-state index is 0.589. The average Bonchev–Trinajstić information content (AvgIpc) is 2.46. The molecule has 1 aliphatic carbocycles. The van der Waals surface area contributed by atoms with E-state index in [1.165, 1.54) is 37.7 Å². The number of rotatable bonds is 5. The zero-order valence-corrected chi connectivity index (χ0v) is 11.6. The van der Waals surface area contributed by atoms with Crippen LogP contribution in [0.15, 0.2) is 24.3 Å². The van der Waals surface area contributed by atoms with Crippen LogP contribution in [0, 0.1) is 5.92 Å². The summed E-state index contributed by atoms with van der Waals surface area (Å²) in [5.74, 6) is 2.44. The van der Waals surface area contributed by atoms with Gasteiger partial charge in [-0.25, -0.2) is 0 Å². The minimum absolute atomic E-state index is 0.589. The lowest BCUT2D eigenvalue weighted by atomic mass is 9.76. The summed E-state index contributed by atoms with van der Waals surface area (Å²) in [4.78, 5) is 0. The zero-order chi connectivity index (χ0) is 12.8. The molecule has 0 saturated heterocycles. The van der Waals surface area contributed by atoms with Crippen LogP contribution in [0.1, 0.15) is 43.6 Å². The van der Waals surface area contributed by atoms with Crippen LogP contribution in [0.25, 0.3) is 0 Å². The van der Waals surface area contributed by atoms with Gasteiger partial charge in [0.2, 0.25) is 0 Å². The molecule has 100 valence electrons. The predicted octanol–water partition coefficient (Wildman–Crippen LogP) is 3.58. The second kappa shape index (κ2) is 6.79. The smallest absolute Gasteiger partial charge is 0.122 e. The lowest BCUT2D eigenvalue weighted by Gasteiger charge is -2.31. The lowest BCUT2D eigenvalue weighted by molar-refractivity contribution is 0.293. The Kier molecular flexibility index (Phi) is 5.06. The Morgan fingerprint density at radius 2 is 1.94 bits per heavy atom. The first-order chi connectivity index (χ1) is 8.86. The first-order valence-electron chi connectivity index (χ1n) is 7.14. The van der Waals surface area contributed by atoms with E-state index in [1.807, 2.05) is 7.05 Å². The summed E-state index contributed by atoms with van der Waals surface area (Å²) in [5.41, 5.74) is 1.38. The van der Waals surface area contributed by atoms with Gasteiger partial charge in [-0.05, 0) is 37.4 Å². The monoisotopic (exact) mass is 247 g/mol. The third kappa shape index (κ3) is 3.05. The summed E-state index contributed by atoms with van der Waals surface area (Å²) >= 11 is 0. The summed E-state index contributed by atoms with van der Waals surface area (Å²) in [6.07, 6.45) is 6.92. The van der Waals surface area contributed by atoms with Crippen LogP contribution in [-0.2, 0) is 0 Å². The number of ether oxygens (including phenoxy) is 1. The van der Waals surface area contributed by atoms with Gasteiger partial charge in [0.1, 0.15) is 5.75 Å². The number of likely N-dealkylation sites (N-methyl/N-ethyl adjacent to an activating group) is 1. The number of nitrogens with one attached hydrogen (secondary N) is 1. The minimum Gasteiger partial charge on any atom is -0.496 e. The molecule has 0 heterocycles. The molecule has 18 heavy (non-hydrogen) atoms. The topological polar surface area (TPSA) is 21.3 Å². The summed E-state index contributed by atoms with van der Waals surface area (Å²) in [6.45, 7) is 1.05. The van der Waals surface area contributed by atoms with Crippen LogP contribution >= 0.6 is 0 Å². The summed E-state index contributed by atoms with van der Waals surface area (Å²) < 4.78 is 5.54. The van der Waals surface area contributed by atoms with E-state index in [0.29, 0.717) is 5.92 Å². The highest BCUT2D eigenvalue weighted by molar-refractivity contribution is 5.37. The van der Waals surface area contributed by atoms with Gasteiger partial charge in [0.05, 0.1) is 7.11 Å². The van der Waals surface area contributed by atoms with Crippen molar-refractivity contribution in [1.82, 2.24) is 5.32 Å². The van der Waals surface area contributed by atoms with E-state index < -0.39 is 0 Å². The molecule has 1 aromatic rings. The van der Waals surface area contributed by atoms with E-state index in [0.717, 1.165) is 18.2 Å². The number of benzene rings is 1. The maximum atomic E-state index is 5.54. The van der Waals surface area contributed by atoms with E-state index in [-0.39, 0.29) is 0 Å². The van der Waals surface area contributed by atoms with E-state index in [2.05, 4.69) is 29.6 Å². The molecule has 0 bridgehead atoms. The van der Waals surface area contributed by atoms with Gasteiger partial charge in [-0.2, -0.15) is 0 Å². The number of hydrogen-bond acceptors (Lipinski definition) is 2. The standard InChI is InChI=1S/C16H25NO/c1-17-12-15(13-8-4-3-5-9-13)14-10-6-7-11-16(14)18-2/h6-7,10-11,13,15,17H,3-5,8-9,12H2,1-2H3. The maximum absolute atomic E-state index is 5.54. The molecule has 2 heteroatoms. The molecule has 2 rings (SSSR count). The quantitative estimate of drug-likeness (QED) is 0.858. The Morgan fingerprint density at radius 1 is 1.22 bits per heavy atom. The normalized spacial score (nSPS) is 18.6. The fourth-order valence-electron chi connectivity index (χ4n) is 3.26. The maximum Gasteiger partial charge on any atom is 0.122 e. The Hall–Kier alpha value is -1.02. The third-order valence-corrected chi connectivity index (χ3v) is 4.18. The van der Waals surface area contributed by atoms with E-state index in [4.69, 9.17) is 4.74 Å². The number of methoxy groups -OCH3 is 1. The molecule has 0 radical (unpaired) electrons. The van der Waals surface area contributed by atoms with E-state index >= 15 is 0 Å². The van der Waals surface area contributed by atoms with Crippen LogP contribution in [0.3, 0.4) is 0 Å². The summed E-state index contributed by atoms with van der Waals surface area (Å²) in [7, 11) is 3.82. The first kappa shape index (κ1) is 13.4. The fourth-order valence-corrected chi connectivity index (χ4v) is 3.26. The largest absolute Gasteiger partial charge is 0.496 e. The van der Waals surface area contributed by atoms with Crippen molar-refractivity contribution < 1.29 is 4.74 Å². The Balaban J connectivity index is 2.22. The van der Waals surface area contributed by atoms with Crippen LogP contribution in [0.5, 0.6) is 5.75 Å². The highest BCUT2D eigenvalue weighted by atomic mass is 16.5. The second-order valence-corrected chi connectivity index (χ2v) is 5.30. The molecule has 1 N–H and O–H groups in total. The molecule has 2 nitrogen and oxygen atoms in total. The molecule has 0 aromatic heterocycles. The Labute approximate surface area is 111 Å². The highest BCUT2D eigenvalue weighted by Crippen LogP contribution is 2.38. The zero-order valence-electron chi connectivity index (χ0n) is 11.6. The Morgan fingerprint density at radius 3 is 2.61 bits per heavy atom. The van der Waals surface area contributed by atoms with E-state index in [1.54, 1.807) is 7.11 Å². The van der Waals surface area contributed by atoms with E-state index in [9.17, 15) is 0 Å². The SMILES string of the molecule is CNCC(c1ccccc1OC)C1CCCCC1. The summed E-state index contributed by atoms with van der Waals surface area (Å²) in [6, 6.07) is 8.50. The van der Waals surface area contributed by atoms with Gasteiger partial charge in [-0.3, -0.25) is 0 Å². The number of hydrogen-bond donors (Lipinski definition) is 1. The second-order valence-electron chi connectivity index (χ2n) is 5.30. The van der Waals surface area contributed by atoms with Gasteiger partial charge < -0.3 is 10.1 Å². The van der Waals surface area contributed by atoms with Gasteiger partial charge in [0.25, 0.3) is 0 Å². The van der Waals surface area contributed by atoms with Crippen molar-refractivity contribution in [2.75, 3.05) is 20.7 Å². The summed E-state index contributed by atoms with van der Waals surface area (Å²) in [5, 5.41) is 3.36. The molecular weight excluding hydrogens is 222 g/mol. The molecule has 1 atom stereocenters. The van der Waals surface area contributed by atoms with Crippen LogP contribution in [0.2, 0.25) is 0 Å². The fraction of sp³-hybridized carbons (Fsp3) is 0.625. The van der Waals surface area contributed by atoms with Crippen molar-refractivity contribution in [2.45, 2.75) is 38.0 Å². The van der Waals surface area contributed by atoms with Crippen LogP contribution in [0.4, 0.5) is 0 Å². The van der Waals surface area contributed by atoms with Gasteiger partial charge in [-0.1, -0.05) is 37.5 Å². The average molecular weight is 247 g/mol. The molecule has 0 spiro atoms. The third-order valence-electron chi connectivity index (χ3n) is 4.18. The first-order valence-corrected chi connectivity index (χ1v) is 7.14. The van der Waals surface area contributed by atoms with Crippen molar-refractivity contribution in [1.29, 1.82) is 0 Å². The van der Waals surface area contributed by atoms with Crippen molar-refractivity contribution in [3.05, 3.63) is 29.8 Å². The molecule has 1 fully saturated rings. The van der Waals surface area contributed by atoms with Crippen LogP contribution < -0.4 is 10.1 Å². The molecule has 1 unspecified atom stereocenters. The van der Waals surface area contributed by atoms with Gasteiger partial charge in [-0.15, -0.1) is 0 Å². The van der Waals surface area contributed by atoms with Gasteiger partial charge in [0, 0.05) is 12.5 Å². The molecule has 1 aromatic carbocycles. The molecule has 0 amide bonds. The predicted molar refractivity (Wildman–Crippen MR) is 76.2 cm³/mol. The van der Waals surface area contributed by atoms with Crippen molar-refractivity contribution in [2.24, 2.45) is 5.92 Å². The van der Waals surface area contributed by atoms with Gasteiger partial charge in [0.15, 0.2) is 0 Å². The lowest BCUT2D eigenvalue weighted by Crippen LogP contribution is -2.26. The highest BCUT2D eigenvalue weighted by Gasteiger charge is 2.26. The molecule has 1 aliphatic rings. The number of para-hydroxylation sites is 1. The van der Waals surface area contributed by atoms with Crippen molar-refractivity contribution in [3.63, 3.8) is 0 Å². The molecule has 0 aliphatic heterocycles. The van der Waals surface area contributed by atoms with Crippen molar-refractivity contribution in [3.8, 4) is 5.75 Å². The Bertz CT molecular complexity index is 358. The molecule has 1 saturated carbocycles. The molecular formula is C16H25NO. The van der Waals surface area contributed by atoms with Crippen molar-refractivity contribution >= 4 is 0 Å². The van der Waals surface area contributed by atoms with Crippen LogP contribution in [-0.4, -0.2) is 20.7 Å². The van der Waals surface area contributed by atoms with Gasteiger partial charge >= 0.3 is 0 Å².